The number of imide groups is 1. The van der Waals surface area contributed by atoms with Gasteiger partial charge in [0.2, 0.25) is 5.96 Å². The maximum Gasteiger partial charge on any atom is 0.328 e. The van der Waals surface area contributed by atoms with E-state index in [0.29, 0.717) is 12.6 Å². The van der Waals surface area contributed by atoms with Gasteiger partial charge >= 0.3 is 6.03 Å². The van der Waals surface area contributed by atoms with Gasteiger partial charge in [-0.2, -0.15) is 0 Å². The van der Waals surface area contributed by atoms with Crippen LogP contribution in [0.4, 0.5) is 10.5 Å². The van der Waals surface area contributed by atoms with Crippen molar-refractivity contribution in [2.45, 2.75) is 19.1 Å². The van der Waals surface area contributed by atoms with Crippen LogP contribution < -0.4 is 9.64 Å². The lowest BCUT2D eigenvalue weighted by Crippen LogP contribution is -2.64. The number of likely N-dealkylation sites (N-methyl/N-ethyl adjacent to an activating group) is 1. The normalized spacial score (nSPS) is 21.6. The molecular weight excluding hydrogens is 418 g/mol. The summed E-state index contributed by atoms with van der Waals surface area (Å²) >= 11 is 0. The fourth-order valence-electron chi connectivity index (χ4n) is 4.46. The quantitative estimate of drug-likeness (QED) is 0.641. The zero-order chi connectivity index (χ0) is 23.1. The van der Waals surface area contributed by atoms with Crippen LogP contribution in [0.25, 0.3) is 5.70 Å². The van der Waals surface area contributed by atoms with E-state index < -0.39 is 12.2 Å². The zero-order valence-electron chi connectivity index (χ0n) is 18.6. The molecule has 0 aliphatic carbocycles. The van der Waals surface area contributed by atoms with Gasteiger partial charge in [-0.05, 0) is 31.2 Å². The number of benzene rings is 2. The summed E-state index contributed by atoms with van der Waals surface area (Å²) in [6, 6.07) is 16.7. The number of aliphatic imine (C=N–C) groups is 1. The van der Waals surface area contributed by atoms with Crippen LogP contribution in [0.15, 0.2) is 78.4 Å². The standard InChI is InChI=1S/C25H25N5O3/c1-4-15-28-23(31)21-22(27(3)25(28)32)26-24-29(21)16-20(17-9-7-6-8-10-17)30(24)18-11-13-19(14-12-18)33-5-2/h4,6-14,16,21-22H,1,5,15H2,2-3H3. The number of ether oxygens (including phenoxy) is 1. The van der Waals surface area contributed by atoms with Crippen LogP contribution in [-0.2, 0) is 4.79 Å². The highest BCUT2D eigenvalue weighted by Crippen LogP contribution is 2.40. The average Bonchev–Trinajstić information content (AvgIpc) is 3.38. The highest BCUT2D eigenvalue weighted by Gasteiger charge is 2.54. The Bertz CT molecular complexity index is 1160. The number of hydrogen-bond donors (Lipinski definition) is 0. The fraction of sp³-hybridized carbons (Fsp3) is 0.240. The summed E-state index contributed by atoms with van der Waals surface area (Å²) in [6.45, 7) is 6.38. The molecule has 8 nitrogen and oxygen atoms in total. The Morgan fingerprint density at radius 1 is 1.09 bits per heavy atom. The van der Waals surface area contributed by atoms with E-state index in [9.17, 15) is 9.59 Å². The second-order valence-corrected chi connectivity index (χ2v) is 7.97. The molecule has 2 aromatic carbocycles. The van der Waals surface area contributed by atoms with E-state index >= 15 is 0 Å². The van der Waals surface area contributed by atoms with Crippen molar-refractivity contribution in [2.24, 2.45) is 4.99 Å². The molecule has 0 aromatic heterocycles. The number of carbonyl (C=O) groups excluding carboxylic acids is 2. The molecule has 2 aromatic rings. The lowest BCUT2D eigenvalue weighted by molar-refractivity contribution is -0.136. The van der Waals surface area contributed by atoms with Gasteiger partial charge in [-0.25, -0.2) is 9.79 Å². The van der Waals surface area contributed by atoms with Gasteiger partial charge in [-0.1, -0.05) is 36.4 Å². The van der Waals surface area contributed by atoms with E-state index in [-0.39, 0.29) is 18.5 Å². The number of amides is 3. The number of rotatable bonds is 6. The number of fused-ring (bicyclic) bond motifs is 3. The van der Waals surface area contributed by atoms with Gasteiger partial charge in [0.15, 0.2) is 12.2 Å². The predicted octanol–water partition coefficient (Wildman–Crippen LogP) is 3.35. The van der Waals surface area contributed by atoms with Crippen LogP contribution in [0.3, 0.4) is 0 Å². The number of urea groups is 1. The van der Waals surface area contributed by atoms with Crippen molar-refractivity contribution in [1.82, 2.24) is 14.7 Å². The first kappa shape index (κ1) is 20.8. The van der Waals surface area contributed by atoms with Crippen LogP contribution in [-0.4, -0.2) is 65.0 Å². The third kappa shape index (κ3) is 3.26. The molecule has 3 heterocycles. The Morgan fingerprint density at radius 3 is 2.48 bits per heavy atom. The average molecular weight is 444 g/mol. The zero-order valence-corrected chi connectivity index (χ0v) is 18.6. The third-order valence-electron chi connectivity index (χ3n) is 6.00. The molecule has 2 atom stereocenters. The van der Waals surface area contributed by atoms with Crippen LogP contribution in [0.1, 0.15) is 12.5 Å². The maximum atomic E-state index is 13.3. The van der Waals surface area contributed by atoms with Crippen molar-refractivity contribution in [1.29, 1.82) is 0 Å². The molecule has 8 heteroatoms. The van der Waals surface area contributed by atoms with Gasteiger partial charge in [0.1, 0.15) is 5.75 Å². The lowest BCUT2D eigenvalue weighted by atomic mass is 10.1. The summed E-state index contributed by atoms with van der Waals surface area (Å²) in [5.41, 5.74) is 2.79. The predicted molar refractivity (Wildman–Crippen MR) is 126 cm³/mol. The molecule has 0 radical (unpaired) electrons. The van der Waals surface area contributed by atoms with Crippen LogP contribution in [0, 0.1) is 0 Å². The van der Waals surface area contributed by atoms with Gasteiger partial charge in [0.05, 0.1) is 12.3 Å². The first-order valence-electron chi connectivity index (χ1n) is 10.9. The van der Waals surface area contributed by atoms with E-state index in [4.69, 9.17) is 9.73 Å². The first-order chi connectivity index (χ1) is 16.0. The van der Waals surface area contributed by atoms with Crippen molar-refractivity contribution < 1.29 is 14.3 Å². The van der Waals surface area contributed by atoms with Crippen molar-refractivity contribution in [2.75, 3.05) is 25.1 Å². The molecule has 3 amide bonds. The van der Waals surface area contributed by atoms with Gasteiger partial charge in [0, 0.05) is 31.0 Å². The second kappa shape index (κ2) is 8.12. The van der Waals surface area contributed by atoms with Crippen molar-refractivity contribution in [3.63, 3.8) is 0 Å². The Hall–Kier alpha value is -4.07. The Morgan fingerprint density at radius 2 is 1.82 bits per heavy atom. The molecular formula is C25H25N5O3. The largest absolute Gasteiger partial charge is 0.494 e. The Balaban J connectivity index is 1.59. The Kier molecular flexibility index (Phi) is 5.12. The van der Waals surface area contributed by atoms with Gasteiger partial charge in [0.25, 0.3) is 5.91 Å². The fourth-order valence-corrected chi connectivity index (χ4v) is 4.46. The molecule has 0 saturated carbocycles. The Labute approximate surface area is 192 Å². The van der Waals surface area contributed by atoms with Gasteiger partial charge in [-0.3, -0.25) is 19.5 Å². The smallest absolute Gasteiger partial charge is 0.328 e. The highest BCUT2D eigenvalue weighted by atomic mass is 16.5. The summed E-state index contributed by atoms with van der Waals surface area (Å²) in [5.74, 6) is 1.12. The van der Waals surface area contributed by atoms with E-state index in [2.05, 4.69) is 6.58 Å². The summed E-state index contributed by atoms with van der Waals surface area (Å²) in [5, 5.41) is 0. The minimum atomic E-state index is -0.630. The number of guanidine groups is 1. The number of nitrogens with zero attached hydrogens (tertiary/aromatic N) is 5. The molecule has 0 bridgehead atoms. The lowest BCUT2D eigenvalue weighted by Gasteiger charge is -2.39. The molecule has 3 aliphatic rings. The van der Waals surface area contributed by atoms with Crippen LogP contribution in [0.5, 0.6) is 5.75 Å². The summed E-state index contributed by atoms with van der Waals surface area (Å²) in [4.78, 5) is 37.6. The maximum absolute atomic E-state index is 13.3. The SMILES string of the molecule is C=CCN1C(=O)C2C(N=C3N(c4ccc(OCC)cc4)C(c4ccccc4)=CN32)N(C)C1=O. The van der Waals surface area contributed by atoms with Gasteiger partial charge in [-0.15, -0.1) is 6.58 Å². The molecule has 0 N–H and O–H groups in total. The molecule has 5 rings (SSSR count). The van der Waals surface area contributed by atoms with E-state index in [1.54, 1.807) is 13.1 Å². The van der Waals surface area contributed by atoms with Crippen molar-refractivity contribution in [3.8, 4) is 5.75 Å². The van der Waals surface area contributed by atoms with Crippen molar-refractivity contribution in [3.05, 3.63) is 79.0 Å². The minimum Gasteiger partial charge on any atom is -0.494 e. The summed E-state index contributed by atoms with van der Waals surface area (Å²) in [7, 11) is 1.68. The molecule has 2 unspecified atom stereocenters. The number of hydrogen-bond acceptors (Lipinski definition) is 6. The third-order valence-corrected chi connectivity index (χ3v) is 6.00. The minimum absolute atomic E-state index is 0.159. The second-order valence-electron chi connectivity index (χ2n) is 7.97. The van der Waals surface area contributed by atoms with E-state index in [1.807, 2.05) is 77.5 Å². The molecule has 33 heavy (non-hydrogen) atoms. The molecule has 1 fully saturated rings. The van der Waals surface area contributed by atoms with Crippen molar-refractivity contribution >= 4 is 29.3 Å². The number of anilines is 1. The van der Waals surface area contributed by atoms with Crippen LogP contribution in [0.2, 0.25) is 0 Å². The number of carbonyl (C=O) groups is 2. The van der Waals surface area contributed by atoms with E-state index in [0.717, 1.165) is 22.7 Å². The monoisotopic (exact) mass is 443 g/mol. The van der Waals surface area contributed by atoms with Gasteiger partial charge < -0.3 is 9.64 Å². The molecule has 3 aliphatic heterocycles. The molecule has 168 valence electrons. The van der Waals surface area contributed by atoms with Crippen LogP contribution >= 0.6 is 0 Å². The first-order valence-corrected chi connectivity index (χ1v) is 10.9. The molecule has 1 saturated heterocycles. The summed E-state index contributed by atoms with van der Waals surface area (Å²) < 4.78 is 5.60. The molecule has 0 spiro atoms. The highest BCUT2D eigenvalue weighted by molar-refractivity contribution is 6.16. The topological polar surface area (TPSA) is 68.7 Å². The van der Waals surface area contributed by atoms with E-state index in [1.165, 1.54) is 9.80 Å². The summed E-state index contributed by atoms with van der Waals surface area (Å²) in [6.07, 6.45) is 2.91.